The fraction of sp³-hybridized carbons (Fsp3) is 0.238. The monoisotopic (exact) mass is 410 g/mol. The van der Waals surface area contributed by atoms with E-state index in [9.17, 15) is 13.2 Å². The van der Waals surface area contributed by atoms with E-state index < -0.39 is 10.0 Å². The van der Waals surface area contributed by atoms with Crippen molar-refractivity contribution in [3.05, 3.63) is 71.5 Å². The van der Waals surface area contributed by atoms with Crippen LogP contribution in [0.25, 0.3) is 5.69 Å². The third-order valence-corrected chi connectivity index (χ3v) is 6.42. The van der Waals surface area contributed by atoms with Gasteiger partial charge < -0.3 is 5.32 Å². The van der Waals surface area contributed by atoms with Crippen molar-refractivity contribution in [1.82, 2.24) is 14.5 Å². The summed E-state index contributed by atoms with van der Waals surface area (Å²) >= 11 is 0. The average Bonchev–Trinajstić information content (AvgIpc) is 3.41. The van der Waals surface area contributed by atoms with Gasteiger partial charge in [0, 0.05) is 11.7 Å². The van der Waals surface area contributed by atoms with Crippen molar-refractivity contribution in [3.63, 3.8) is 0 Å². The van der Waals surface area contributed by atoms with E-state index in [2.05, 4.69) is 15.1 Å². The highest BCUT2D eigenvalue weighted by Gasteiger charge is 2.28. The maximum atomic E-state index is 12.8. The lowest BCUT2D eigenvalue weighted by Gasteiger charge is -2.10. The molecule has 2 aromatic carbocycles. The summed E-state index contributed by atoms with van der Waals surface area (Å²) in [7, 11) is -3.58. The van der Waals surface area contributed by atoms with Gasteiger partial charge in [-0.1, -0.05) is 24.3 Å². The minimum Gasteiger partial charge on any atom is -0.322 e. The molecule has 0 bridgehead atoms. The van der Waals surface area contributed by atoms with Gasteiger partial charge in [0.15, 0.2) is 0 Å². The summed E-state index contributed by atoms with van der Waals surface area (Å²) in [4.78, 5) is 12.9. The number of aromatic nitrogens is 2. The zero-order valence-corrected chi connectivity index (χ0v) is 17.0. The van der Waals surface area contributed by atoms with Crippen molar-refractivity contribution in [1.29, 1.82) is 0 Å². The van der Waals surface area contributed by atoms with Crippen LogP contribution in [0.1, 0.15) is 34.5 Å². The number of carbonyl (C=O) groups is 1. The second-order valence-electron chi connectivity index (χ2n) is 7.22. The van der Waals surface area contributed by atoms with Crippen LogP contribution in [0.15, 0.2) is 59.6 Å². The smallest absolute Gasteiger partial charge is 0.259 e. The molecule has 7 nitrogen and oxygen atoms in total. The first-order valence-electron chi connectivity index (χ1n) is 9.39. The van der Waals surface area contributed by atoms with Crippen LogP contribution in [0, 0.1) is 13.8 Å². The number of hydrogen-bond donors (Lipinski definition) is 2. The van der Waals surface area contributed by atoms with Crippen LogP contribution in [-0.2, 0) is 10.0 Å². The predicted octanol–water partition coefficient (Wildman–Crippen LogP) is 3.18. The van der Waals surface area contributed by atoms with Gasteiger partial charge >= 0.3 is 0 Å². The number of anilines is 1. The molecule has 150 valence electrons. The van der Waals surface area contributed by atoms with Crippen LogP contribution in [0.3, 0.4) is 0 Å². The lowest BCUT2D eigenvalue weighted by atomic mass is 10.2. The molecule has 1 fully saturated rings. The molecule has 0 saturated heterocycles. The molecule has 29 heavy (non-hydrogen) atoms. The Bertz CT molecular complexity index is 1180. The van der Waals surface area contributed by atoms with E-state index in [-0.39, 0.29) is 16.8 Å². The number of rotatable bonds is 6. The molecule has 1 aromatic heterocycles. The van der Waals surface area contributed by atoms with Crippen molar-refractivity contribution in [2.24, 2.45) is 0 Å². The molecular formula is C21H22N4O3S. The molecule has 4 rings (SSSR count). The van der Waals surface area contributed by atoms with Crippen LogP contribution in [0.2, 0.25) is 0 Å². The Hall–Kier alpha value is -2.97. The number of nitrogens with zero attached hydrogens (tertiary/aromatic N) is 2. The zero-order chi connectivity index (χ0) is 20.6. The van der Waals surface area contributed by atoms with E-state index in [0.29, 0.717) is 16.9 Å². The van der Waals surface area contributed by atoms with Crippen molar-refractivity contribution in [2.45, 2.75) is 37.6 Å². The minimum absolute atomic E-state index is 0.0215. The summed E-state index contributed by atoms with van der Waals surface area (Å²) in [6.07, 6.45) is 3.24. The topological polar surface area (TPSA) is 93.1 Å². The van der Waals surface area contributed by atoms with Crippen LogP contribution in [0.5, 0.6) is 0 Å². The fourth-order valence-electron chi connectivity index (χ4n) is 3.10. The SMILES string of the molecule is Cc1ccccc1-n1ncc(C(=O)Nc2cccc(S(=O)(=O)NC3CC3)c2)c1C. The number of amides is 1. The molecule has 0 atom stereocenters. The van der Waals surface area contributed by atoms with Gasteiger partial charge in [-0.3, -0.25) is 4.79 Å². The van der Waals surface area contributed by atoms with E-state index in [1.54, 1.807) is 16.8 Å². The molecule has 0 radical (unpaired) electrons. The number of nitrogens with one attached hydrogen (secondary N) is 2. The van der Waals surface area contributed by atoms with E-state index in [0.717, 1.165) is 24.1 Å². The molecule has 1 amide bonds. The quantitative estimate of drug-likeness (QED) is 0.653. The molecule has 0 unspecified atom stereocenters. The first-order chi connectivity index (χ1) is 13.8. The third kappa shape index (κ3) is 4.08. The summed E-state index contributed by atoms with van der Waals surface area (Å²) in [6.45, 7) is 3.81. The lowest BCUT2D eigenvalue weighted by Crippen LogP contribution is -2.25. The highest BCUT2D eigenvalue weighted by Crippen LogP contribution is 2.24. The van der Waals surface area contributed by atoms with E-state index in [1.165, 1.54) is 18.3 Å². The number of para-hydroxylation sites is 1. The number of carbonyl (C=O) groups excluding carboxylic acids is 1. The molecule has 3 aromatic rings. The van der Waals surface area contributed by atoms with Gasteiger partial charge in [-0.05, 0) is 56.5 Å². The summed E-state index contributed by atoms with van der Waals surface area (Å²) in [5.41, 5.74) is 3.50. The molecule has 2 N–H and O–H groups in total. The summed E-state index contributed by atoms with van der Waals surface area (Å²) < 4.78 is 29.2. The van der Waals surface area contributed by atoms with Crippen molar-refractivity contribution < 1.29 is 13.2 Å². The van der Waals surface area contributed by atoms with Gasteiger partial charge in [0.25, 0.3) is 5.91 Å². The van der Waals surface area contributed by atoms with Gasteiger partial charge in [-0.2, -0.15) is 5.10 Å². The van der Waals surface area contributed by atoms with Gasteiger partial charge in [-0.15, -0.1) is 0 Å². The van der Waals surface area contributed by atoms with Crippen molar-refractivity contribution in [3.8, 4) is 5.69 Å². The Morgan fingerprint density at radius 3 is 2.59 bits per heavy atom. The summed E-state index contributed by atoms with van der Waals surface area (Å²) in [5, 5.41) is 7.13. The van der Waals surface area contributed by atoms with Gasteiger partial charge in [-0.25, -0.2) is 17.8 Å². The van der Waals surface area contributed by atoms with E-state index in [4.69, 9.17) is 0 Å². The lowest BCUT2D eigenvalue weighted by molar-refractivity contribution is 0.102. The molecule has 8 heteroatoms. The van der Waals surface area contributed by atoms with Crippen molar-refractivity contribution >= 4 is 21.6 Å². The maximum absolute atomic E-state index is 12.8. The second kappa shape index (κ2) is 7.46. The molecule has 1 aliphatic rings. The van der Waals surface area contributed by atoms with Crippen LogP contribution >= 0.6 is 0 Å². The molecule has 0 spiro atoms. The first-order valence-corrected chi connectivity index (χ1v) is 10.9. The Balaban J connectivity index is 1.56. The second-order valence-corrected chi connectivity index (χ2v) is 8.93. The normalized spacial score (nSPS) is 14.0. The highest BCUT2D eigenvalue weighted by molar-refractivity contribution is 7.89. The summed E-state index contributed by atoms with van der Waals surface area (Å²) in [6, 6.07) is 14.1. The Morgan fingerprint density at radius 1 is 1.10 bits per heavy atom. The van der Waals surface area contributed by atoms with E-state index >= 15 is 0 Å². The van der Waals surface area contributed by atoms with Crippen molar-refractivity contribution in [2.75, 3.05) is 5.32 Å². The number of sulfonamides is 1. The Morgan fingerprint density at radius 2 is 1.86 bits per heavy atom. The molecule has 0 aliphatic heterocycles. The fourth-order valence-corrected chi connectivity index (χ4v) is 4.45. The molecule has 1 aliphatic carbocycles. The number of aryl methyl sites for hydroxylation is 1. The maximum Gasteiger partial charge on any atom is 0.259 e. The summed E-state index contributed by atoms with van der Waals surface area (Å²) in [5.74, 6) is -0.341. The minimum atomic E-state index is -3.58. The number of hydrogen-bond acceptors (Lipinski definition) is 4. The highest BCUT2D eigenvalue weighted by atomic mass is 32.2. The third-order valence-electron chi connectivity index (χ3n) is 4.90. The Kier molecular flexibility index (Phi) is 4.97. The van der Waals surface area contributed by atoms with Crippen LogP contribution in [-0.4, -0.2) is 30.1 Å². The standard InChI is InChI=1S/C21H22N4O3S/c1-14-6-3-4-9-20(14)25-15(2)19(13-22-25)21(26)23-17-7-5-8-18(12-17)29(27,28)24-16-10-11-16/h3-9,12-13,16,24H,10-11H2,1-2H3,(H,23,26). The number of benzene rings is 2. The molecule has 1 heterocycles. The van der Waals surface area contributed by atoms with Gasteiger partial charge in [0.05, 0.1) is 28.0 Å². The van der Waals surface area contributed by atoms with E-state index in [1.807, 2.05) is 38.1 Å². The largest absolute Gasteiger partial charge is 0.322 e. The predicted molar refractivity (Wildman–Crippen MR) is 111 cm³/mol. The van der Waals surface area contributed by atoms with Crippen LogP contribution in [0.4, 0.5) is 5.69 Å². The zero-order valence-electron chi connectivity index (χ0n) is 16.2. The van der Waals surface area contributed by atoms with Crippen LogP contribution < -0.4 is 10.0 Å². The van der Waals surface area contributed by atoms with Gasteiger partial charge in [0.1, 0.15) is 0 Å². The molecule has 1 saturated carbocycles. The average molecular weight is 410 g/mol. The first kappa shape index (κ1) is 19.4. The van der Waals surface area contributed by atoms with Gasteiger partial charge in [0.2, 0.25) is 10.0 Å². The Labute approximate surface area is 169 Å². The molecular weight excluding hydrogens is 388 g/mol.